The number of rotatable bonds is 12. The molecule has 0 atom stereocenters. The molecule has 0 unspecified atom stereocenters. The minimum Gasteiger partial charge on any atom is -0.395 e. The summed E-state index contributed by atoms with van der Waals surface area (Å²) in [6, 6.07) is 0. The minimum atomic E-state index is 0.140. The van der Waals surface area contributed by atoms with Gasteiger partial charge in [-0.05, 0) is 19.0 Å². The monoisotopic (exact) mass is 243 g/mol. The molecule has 0 aliphatic carbocycles. The molecule has 0 aromatic rings. The van der Waals surface area contributed by atoms with Gasteiger partial charge in [0.15, 0.2) is 0 Å². The van der Waals surface area contributed by atoms with Crippen LogP contribution in [-0.4, -0.2) is 41.4 Å². The second-order valence-corrected chi connectivity index (χ2v) is 4.42. The Hall–Kier alpha value is -0.540. The highest BCUT2D eigenvalue weighted by Crippen LogP contribution is 2.07. The fraction of sp³-hybridized carbons (Fsp3) is 0.857. The number of nitrogens with zero attached hydrogens (tertiary/aromatic N) is 1. The summed E-state index contributed by atoms with van der Waals surface area (Å²) in [5, 5.41) is 17.7. The summed E-state index contributed by atoms with van der Waals surface area (Å²) in [6.45, 7) is 3.73. The number of aliphatic hydroxyl groups excluding tert-OH is 2. The van der Waals surface area contributed by atoms with E-state index >= 15 is 0 Å². The van der Waals surface area contributed by atoms with Gasteiger partial charge < -0.3 is 15.1 Å². The Morgan fingerprint density at radius 2 is 1.47 bits per heavy atom. The van der Waals surface area contributed by atoms with E-state index in [4.69, 9.17) is 10.2 Å². The topological polar surface area (TPSA) is 43.7 Å². The van der Waals surface area contributed by atoms with Crippen molar-refractivity contribution in [3.05, 3.63) is 12.3 Å². The van der Waals surface area contributed by atoms with Crippen LogP contribution in [0.5, 0.6) is 0 Å². The fourth-order valence-corrected chi connectivity index (χ4v) is 1.78. The van der Waals surface area contributed by atoms with Crippen LogP contribution in [0.25, 0.3) is 0 Å². The molecule has 3 nitrogen and oxygen atoms in total. The number of unbranched alkanes of at least 4 members (excludes halogenated alkanes) is 6. The van der Waals surface area contributed by atoms with Crippen molar-refractivity contribution < 1.29 is 10.2 Å². The van der Waals surface area contributed by atoms with Crippen molar-refractivity contribution in [3.63, 3.8) is 0 Å². The maximum atomic E-state index is 8.83. The van der Waals surface area contributed by atoms with E-state index in [0.29, 0.717) is 13.1 Å². The van der Waals surface area contributed by atoms with Crippen LogP contribution < -0.4 is 0 Å². The second kappa shape index (κ2) is 13.5. The van der Waals surface area contributed by atoms with E-state index < -0.39 is 0 Å². The molecule has 2 N–H and O–H groups in total. The van der Waals surface area contributed by atoms with Crippen molar-refractivity contribution in [2.24, 2.45) is 0 Å². The Morgan fingerprint density at radius 1 is 0.882 bits per heavy atom. The van der Waals surface area contributed by atoms with Gasteiger partial charge in [-0.1, -0.05) is 45.1 Å². The van der Waals surface area contributed by atoms with Crippen molar-refractivity contribution in [1.29, 1.82) is 0 Å². The molecule has 0 heterocycles. The maximum Gasteiger partial charge on any atom is 0.0606 e. The summed E-state index contributed by atoms with van der Waals surface area (Å²) < 4.78 is 0. The smallest absolute Gasteiger partial charge is 0.0606 e. The van der Waals surface area contributed by atoms with Crippen LogP contribution in [-0.2, 0) is 0 Å². The molecule has 0 saturated carbocycles. The van der Waals surface area contributed by atoms with Crippen LogP contribution in [0.4, 0.5) is 0 Å². The number of aliphatic hydroxyl groups is 2. The molecule has 102 valence electrons. The van der Waals surface area contributed by atoms with E-state index in [1.807, 2.05) is 11.1 Å². The van der Waals surface area contributed by atoms with Gasteiger partial charge in [-0.2, -0.15) is 0 Å². The minimum absolute atomic E-state index is 0.140. The lowest BCUT2D eigenvalue weighted by molar-refractivity contribution is 0.198. The highest BCUT2D eigenvalue weighted by Gasteiger charge is 1.95. The third-order valence-corrected chi connectivity index (χ3v) is 2.81. The van der Waals surface area contributed by atoms with Crippen LogP contribution in [0, 0.1) is 0 Å². The summed E-state index contributed by atoms with van der Waals surface area (Å²) in [5.41, 5.74) is 0. The molecular formula is C14H29NO2. The maximum absolute atomic E-state index is 8.83. The zero-order valence-corrected chi connectivity index (χ0v) is 11.3. The summed E-state index contributed by atoms with van der Waals surface area (Å²) in [4.78, 5) is 1.96. The van der Waals surface area contributed by atoms with Gasteiger partial charge in [-0.25, -0.2) is 0 Å². The number of allylic oxidation sites excluding steroid dienone is 1. The van der Waals surface area contributed by atoms with Crippen LogP contribution in [0.2, 0.25) is 0 Å². The summed E-state index contributed by atoms with van der Waals surface area (Å²) >= 11 is 0. The molecule has 0 amide bonds. The first-order valence-corrected chi connectivity index (χ1v) is 6.97. The molecular weight excluding hydrogens is 214 g/mol. The Kier molecular flexibility index (Phi) is 13.1. The summed E-state index contributed by atoms with van der Waals surface area (Å²) in [7, 11) is 0. The van der Waals surface area contributed by atoms with E-state index in [1.165, 1.54) is 38.5 Å². The standard InChI is InChI=1S/C14H29NO2/c1-2-3-4-5-6-7-8-9-10-15(11-13-16)12-14-17/h9-10,16-17H,2-8,11-14H2,1H3. The SMILES string of the molecule is CCCCCCCCC=CN(CCO)CCO. The molecule has 0 fully saturated rings. The van der Waals surface area contributed by atoms with Gasteiger partial charge in [-0.3, -0.25) is 0 Å². The molecule has 0 aromatic heterocycles. The molecule has 0 bridgehead atoms. The lowest BCUT2D eigenvalue weighted by atomic mass is 10.1. The van der Waals surface area contributed by atoms with Gasteiger partial charge in [0, 0.05) is 13.1 Å². The Morgan fingerprint density at radius 3 is 2.06 bits per heavy atom. The van der Waals surface area contributed by atoms with Crippen LogP contribution in [0.1, 0.15) is 51.9 Å². The quantitative estimate of drug-likeness (QED) is 0.518. The van der Waals surface area contributed by atoms with E-state index in [0.717, 1.165) is 6.42 Å². The molecule has 3 heteroatoms. The first-order chi connectivity index (χ1) is 8.35. The average molecular weight is 243 g/mol. The Labute approximate surface area is 106 Å². The van der Waals surface area contributed by atoms with Crippen molar-refractivity contribution in [1.82, 2.24) is 4.90 Å². The zero-order chi connectivity index (χ0) is 12.8. The molecule has 0 aliphatic rings. The Bertz CT molecular complexity index is 166. The molecule has 0 radical (unpaired) electrons. The normalized spacial score (nSPS) is 11.2. The zero-order valence-electron chi connectivity index (χ0n) is 11.3. The van der Waals surface area contributed by atoms with Gasteiger partial charge in [0.05, 0.1) is 13.2 Å². The Balaban J connectivity index is 3.42. The molecule has 17 heavy (non-hydrogen) atoms. The summed E-state index contributed by atoms with van der Waals surface area (Å²) in [5.74, 6) is 0. The predicted octanol–water partition coefficient (Wildman–Crippen LogP) is 2.54. The van der Waals surface area contributed by atoms with Crippen molar-refractivity contribution in [2.75, 3.05) is 26.3 Å². The molecule has 0 saturated heterocycles. The first kappa shape index (κ1) is 16.5. The van der Waals surface area contributed by atoms with E-state index in [-0.39, 0.29) is 13.2 Å². The average Bonchev–Trinajstić information content (AvgIpc) is 2.33. The van der Waals surface area contributed by atoms with Gasteiger partial charge in [0.1, 0.15) is 0 Å². The van der Waals surface area contributed by atoms with E-state index in [2.05, 4.69) is 13.0 Å². The van der Waals surface area contributed by atoms with Crippen LogP contribution in [0.15, 0.2) is 12.3 Å². The molecule has 0 rings (SSSR count). The van der Waals surface area contributed by atoms with Gasteiger partial charge in [-0.15, -0.1) is 0 Å². The highest BCUT2D eigenvalue weighted by atomic mass is 16.3. The molecule has 0 aliphatic heterocycles. The number of hydrogen-bond acceptors (Lipinski definition) is 3. The van der Waals surface area contributed by atoms with Crippen molar-refractivity contribution in [3.8, 4) is 0 Å². The third kappa shape index (κ3) is 11.7. The number of hydrogen-bond donors (Lipinski definition) is 2. The van der Waals surface area contributed by atoms with E-state index in [9.17, 15) is 0 Å². The predicted molar refractivity (Wildman–Crippen MR) is 72.9 cm³/mol. The van der Waals surface area contributed by atoms with Crippen LogP contribution in [0.3, 0.4) is 0 Å². The first-order valence-electron chi connectivity index (χ1n) is 6.97. The second-order valence-electron chi connectivity index (χ2n) is 4.42. The highest BCUT2D eigenvalue weighted by molar-refractivity contribution is 4.82. The lowest BCUT2D eigenvalue weighted by Crippen LogP contribution is -2.24. The fourth-order valence-electron chi connectivity index (χ4n) is 1.78. The van der Waals surface area contributed by atoms with Gasteiger partial charge in [0.2, 0.25) is 0 Å². The van der Waals surface area contributed by atoms with Gasteiger partial charge >= 0.3 is 0 Å². The van der Waals surface area contributed by atoms with Crippen LogP contribution >= 0.6 is 0 Å². The lowest BCUT2D eigenvalue weighted by Gasteiger charge is -2.17. The third-order valence-electron chi connectivity index (χ3n) is 2.81. The molecule has 0 aromatic carbocycles. The molecule has 0 spiro atoms. The van der Waals surface area contributed by atoms with Crippen molar-refractivity contribution in [2.45, 2.75) is 51.9 Å². The van der Waals surface area contributed by atoms with E-state index in [1.54, 1.807) is 0 Å². The summed E-state index contributed by atoms with van der Waals surface area (Å²) in [6.07, 6.45) is 13.2. The largest absolute Gasteiger partial charge is 0.395 e. The van der Waals surface area contributed by atoms with Gasteiger partial charge in [0.25, 0.3) is 0 Å². The van der Waals surface area contributed by atoms with Crippen molar-refractivity contribution >= 4 is 0 Å².